The van der Waals surface area contributed by atoms with Crippen LogP contribution in [0.5, 0.6) is 0 Å². The van der Waals surface area contributed by atoms with Crippen LogP contribution in [0, 0.1) is 24.8 Å². The summed E-state index contributed by atoms with van der Waals surface area (Å²) in [6.07, 6.45) is 10.8. The monoisotopic (exact) mass is 571 g/mol. The molecular weight excluding hydrogens is 538 g/mol. The first-order valence-electron chi connectivity index (χ1n) is 13.8. The van der Waals surface area contributed by atoms with E-state index >= 15 is 0 Å². The Morgan fingerprint density at radius 1 is 0.860 bits per heavy atom. The number of anilines is 1. The van der Waals surface area contributed by atoms with Gasteiger partial charge in [0.15, 0.2) is 0 Å². The normalized spacial score (nSPS) is 12.2. The van der Waals surface area contributed by atoms with Crippen molar-refractivity contribution in [1.82, 2.24) is 10.2 Å². The molecule has 0 aromatic heterocycles. The molecule has 2 N–H and O–H groups in total. The van der Waals surface area contributed by atoms with Crippen LogP contribution in [-0.4, -0.2) is 34.5 Å². The van der Waals surface area contributed by atoms with Gasteiger partial charge in [-0.2, -0.15) is 0 Å². The fourth-order valence-electron chi connectivity index (χ4n) is 4.59. The molecule has 0 aliphatic heterocycles. The zero-order valence-corrected chi connectivity index (χ0v) is 24.3. The van der Waals surface area contributed by atoms with Crippen LogP contribution in [-0.2, 0) is 20.7 Å². The summed E-state index contributed by atoms with van der Waals surface area (Å²) in [4.78, 5) is 41.9. The minimum atomic E-state index is -1.24. The summed E-state index contributed by atoms with van der Waals surface area (Å²) in [7, 11) is 0. The van der Waals surface area contributed by atoms with Gasteiger partial charge in [0.1, 0.15) is 17.7 Å². The van der Waals surface area contributed by atoms with E-state index in [9.17, 15) is 14.4 Å². The molecule has 0 fully saturated rings. The summed E-state index contributed by atoms with van der Waals surface area (Å²) < 4.78 is 5.43. The van der Waals surface area contributed by atoms with Gasteiger partial charge in [-0.25, -0.2) is 4.79 Å². The van der Waals surface area contributed by atoms with E-state index < -0.39 is 35.6 Å². The lowest BCUT2D eigenvalue weighted by Crippen LogP contribution is -2.51. The molecule has 7 nitrogen and oxygen atoms in total. The van der Waals surface area contributed by atoms with Crippen molar-refractivity contribution < 1.29 is 19.1 Å². The molecule has 0 radical (unpaired) electrons. The molecule has 0 heterocycles. The summed E-state index contributed by atoms with van der Waals surface area (Å²) in [5, 5.41) is 7.52. The van der Waals surface area contributed by atoms with Crippen molar-refractivity contribution in [2.24, 2.45) is 0 Å². The summed E-state index contributed by atoms with van der Waals surface area (Å²) in [6, 6.07) is 29.1. The fourth-order valence-corrected chi connectivity index (χ4v) is 4.59. The Morgan fingerprint density at radius 3 is 2.14 bits per heavy atom. The molecule has 0 saturated heterocycles. The van der Waals surface area contributed by atoms with Crippen LogP contribution in [0.3, 0.4) is 0 Å². The molecule has 0 bridgehead atoms. The smallest absolute Gasteiger partial charge is 0.408 e. The van der Waals surface area contributed by atoms with Crippen molar-refractivity contribution in [3.63, 3.8) is 0 Å². The molecule has 4 rings (SSSR count). The van der Waals surface area contributed by atoms with Gasteiger partial charge in [-0.1, -0.05) is 85.1 Å². The highest BCUT2D eigenvalue weighted by Gasteiger charge is 2.36. The predicted octanol–water partition coefficient (Wildman–Crippen LogP) is 6.06. The number of hydrogen-bond acceptors (Lipinski definition) is 4. The minimum absolute atomic E-state index is 0.117. The topological polar surface area (TPSA) is 87.7 Å². The van der Waals surface area contributed by atoms with Gasteiger partial charge >= 0.3 is 6.09 Å². The number of nitrogens with zero attached hydrogens (tertiary/aromatic N) is 1. The first-order chi connectivity index (χ1) is 20.6. The number of rotatable bonds is 8. The number of benzene rings is 4. The molecule has 0 saturated carbocycles. The maximum atomic E-state index is 14.2. The van der Waals surface area contributed by atoms with E-state index in [0.717, 1.165) is 21.2 Å². The largest absolute Gasteiger partial charge is 0.444 e. The SMILES string of the molecule is C#Cc1ccc(C(C(=O)Nc2ccc3ccccc3c2)N(C#C)C(=O)C(Cc2ccccc2)NC(=O)OC(C)(C)C)cc1. The van der Waals surface area contributed by atoms with Crippen LogP contribution >= 0.6 is 0 Å². The molecule has 2 atom stereocenters. The van der Waals surface area contributed by atoms with E-state index in [1.807, 2.05) is 66.7 Å². The van der Waals surface area contributed by atoms with E-state index in [1.165, 1.54) is 0 Å². The van der Waals surface area contributed by atoms with E-state index in [2.05, 4.69) is 22.6 Å². The summed E-state index contributed by atoms with van der Waals surface area (Å²) in [6.45, 7) is 5.17. The average Bonchev–Trinajstić information content (AvgIpc) is 2.98. The zero-order chi connectivity index (χ0) is 31.0. The number of amides is 3. The van der Waals surface area contributed by atoms with Gasteiger partial charge in [-0.15, -0.1) is 6.42 Å². The molecule has 0 spiro atoms. The lowest BCUT2D eigenvalue weighted by molar-refractivity contribution is -0.136. The van der Waals surface area contributed by atoms with Gasteiger partial charge in [-0.3, -0.25) is 14.5 Å². The van der Waals surface area contributed by atoms with Crippen LogP contribution in [0.1, 0.15) is 43.5 Å². The van der Waals surface area contributed by atoms with Crippen LogP contribution in [0.2, 0.25) is 0 Å². The van der Waals surface area contributed by atoms with Crippen molar-refractivity contribution in [2.45, 2.75) is 44.9 Å². The van der Waals surface area contributed by atoms with Crippen LogP contribution in [0.15, 0.2) is 97.1 Å². The number of fused-ring (bicyclic) bond motifs is 1. The van der Waals surface area contributed by atoms with Gasteiger partial charge in [0, 0.05) is 23.7 Å². The number of alkyl carbamates (subject to hydrolysis) is 1. The van der Waals surface area contributed by atoms with Crippen LogP contribution in [0.4, 0.5) is 10.5 Å². The maximum absolute atomic E-state index is 14.2. The molecule has 216 valence electrons. The third-order valence-corrected chi connectivity index (χ3v) is 6.56. The van der Waals surface area contributed by atoms with E-state index in [0.29, 0.717) is 16.8 Å². The van der Waals surface area contributed by atoms with Gasteiger partial charge in [-0.05, 0) is 66.9 Å². The Morgan fingerprint density at radius 2 is 1.51 bits per heavy atom. The first kappa shape index (κ1) is 30.4. The zero-order valence-electron chi connectivity index (χ0n) is 24.3. The molecule has 4 aromatic rings. The third kappa shape index (κ3) is 8.03. The Bertz CT molecular complexity index is 1690. The second-order valence-corrected chi connectivity index (χ2v) is 10.9. The van der Waals surface area contributed by atoms with Gasteiger partial charge < -0.3 is 15.4 Å². The minimum Gasteiger partial charge on any atom is -0.444 e. The van der Waals surface area contributed by atoms with Crippen molar-refractivity contribution in [1.29, 1.82) is 0 Å². The predicted molar refractivity (Wildman–Crippen MR) is 169 cm³/mol. The second kappa shape index (κ2) is 13.4. The molecule has 4 aromatic carbocycles. The van der Waals surface area contributed by atoms with E-state index in [1.54, 1.807) is 51.1 Å². The second-order valence-electron chi connectivity index (χ2n) is 10.9. The van der Waals surface area contributed by atoms with Crippen LogP contribution in [0.25, 0.3) is 10.8 Å². The molecule has 3 amide bonds. The Labute approximate surface area is 252 Å². The number of nitrogens with one attached hydrogen (secondary N) is 2. The molecular formula is C36H33N3O4. The lowest BCUT2D eigenvalue weighted by atomic mass is 9.99. The average molecular weight is 572 g/mol. The van der Waals surface area contributed by atoms with Gasteiger partial charge in [0.05, 0.1) is 0 Å². The summed E-state index contributed by atoms with van der Waals surface area (Å²) in [5.41, 5.74) is 1.57. The quantitative estimate of drug-likeness (QED) is 0.199. The van der Waals surface area contributed by atoms with Crippen molar-refractivity contribution in [3.8, 4) is 24.8 Å². The number of carbonyl (C=O) groups is 3. The van der Waals surface area contributed by atoms with Crippen molar-refractivity contribution >= 4 is 34.4 Å². The third-order valence-electron chi connectivity index (χ3n) is 6.56. The molecule has 0 aliphatic carbocycles. The molecule has 0 aliphatic rings. The van der Waals surface area contributed by atoms with E-state index in [-0.39, 0.29) is 6.42 Å². The van der Waals surface area contributed by atoms with Gasteiger partial charge in [0.2, 0.25) is 0 Å². The van der Waals surface area contributed by atoms with Crippen molar-refractivity contribution in [2.75, 3.05) is 5.32 Å². The Balaban J connectivity index is 1.71. The number of terminal acetylenes is 2. The molecule has 2 unspecified atom stereocenters. The first-order valence-corrected chi connectivity index (χ1v) is 13.8. The fraction of sp³-hybridized carbons (Fsp3) is 0.194. The lowest BCUT2D eigenvalue weighted by Gasteiger charge is -2.30. The maximum Gasteiger partial charge on any atom is 0.408 e. The summed E-state index contributed by atoms with van der Waals surface area (Å²) >= 11 is 0. The Kier molecular flexibility index (Phi) is 9.50. The molecule has 7 heteroatoms. The number of hydrogen-bond donors (Lipinski definition) is 2. The standard InChI is InChI=1S/C36H33N3O4/c1-6-25-17-19-28(20-18-25)32(33(40)37-30-22-21-27-15-11-12-16-29(27)24-30)39(7-2)34(41)31(23-26-13-9-8-10-14-26)38-35(42)43-36(3,4)5/h1-2,8-22,24,31-32H,23H2,3-5H3,(H,37,40)(H,38,42). The highest BCUT2D eigenvalue weighted by molar-refractivity contribution is 6.01. The highest BCUT2D eigenvalue weighted by atomic mass is 16.6. The van der Waals surface area contributed by atoms with Gasteiger partial charge in [0.25, 0.3) is 11.8 Å². The Hall–Kier alpha value is -5.53. The molecule has 43 heavy (non-hydrogen) atoms. The number of ether oxygens (including phenoxy) is 1. The van der Waals surface area contributed by atoms with Crippen LogP contribution < -0.4 is 10.6 Å². The van der Waals surface area contributed by atoms with Crippen molar-refractivity contribution in [3.05, 3.63) is 114 Å². The van der Waals surface area contributed by atoms with E-state index in [4.69, 9.17) is 17.6 Å². The summed E-state index contributed by atoms with van der Waals surface area (Å²) in [5.74, 6) is 1.36. The highest BCUT2D eigenvalue weighted by Crippen LogP contribution is 2.26. The number of carbonyl (C=O) groups excluding carboxylic acids is 3.